The van der Waals surface area contributed by atoms with Gasteiger partial charge in [-0.05, 0) is 48.7 Å². The van der Waals surface area contributed by atoms with E-state index >= 15 is 0 Å². The summed E-state index contributed by atoms with van der Waals surface area (Å²) in [6, 6.07) is 28.8. The summed E-state index contributed by atoms with van der Waals surface area (Å²) in [5.74, 6) is 0.480. The number of aromatic nitrogens is 1. The second-order valence-electron chi connectivity index (χ2n) is 9.58. The van der Waals surface area contributed by atoms with E-state index in [2.05, 4.69) is 68.4 Å². The van der Waals surface area contributed by atoms with Gasteiger partial charge in [0, 0.05) is 52.7 Å². The van der Waals surface area contributed by atoms with Gasteiger partial charge in [-0.15, -0.1) is 29.5 Å². The zero-order valence-corrected chi connectivity index (χ0v) is 25.3. The van der Waals surface area contributed by atoms with Gasteiger partial charge in [-0.1, -0.05) is 73.3 Å². The minimum absolute atomic E-state index is 0. The van der Waals surface area contributed by atoms with E-state index in [4.69, 9.17) is 14.5 Å². The van der Waals surface area contributed by atoms with Crippen LogP contribution < -0.4 is 0 Å². The van der Waals surface area contributed by atoms with Crippen molar-refractivity contribution in [3.05, 3.63) is 102 Å². The number of thiophene rings is 1. The Morgan fingerprint density at radius 3 is 2.44 bits per heavy atom. The topological polar surface area (TPSA) is 63.3 Å². The smallest absolute Gasteiger partial charge is 0.155 e. The quantitative estimate of drug-likeness (QED) is 0.113. The van der Waals surface area contributed by atoms with Gasteiger partial charge in [0.05, 0.1) is 11.3 Å². The molecule has 0 aliphatic heterocycles. The zero-order chi connectivity index (χ0) is 26.8. The van der Waals surface area contributed by atoms with Gasteiger partial charge in [0.1, 0.15) is 5.58 Å². The van der Waals surface area contributed by atoms with Crippen molar-refractivity contribution in [1.29, 1.82) is 0 Å². The Balaban J connectivity index is 0.000000394. The monoisotopic (exact) mass is 711 g/mol. The summed E-state index contributed by atoms with van der Waals surface area (Å²) >= 11 is 1.80. The van der Waals surface area contributed by atoms with Crippen molar-refractivity contribution in [2.24, 2.45) is 0 Å². The first-order valence-corrected chi connectivity index (χ1v) is 13.3. The number of allylic oxidation sites excluding steroid dienone is 2. The van der Waals surface area contributed by atoms with Crippen LogP contribution in [-0.2, 0) is 24.9 Å². The number of aliphatic hydroxyl groups is 1. The number of rotatable bonds is 4. The molecule has 0 bridgehead atoms. The number of hydrogen-bond acceptors (Lipinski definition) is 5. The van der Waals surface area contributed by atoms with Gasteiger partial charge in [0.15, 0.2) is 5.78 Å². The predicted octanol–water partition coefficient (Wildman–Crippen LogP) is 9.49. The van der Waals surface area contributed by atoms with E-state index in [1.54, 1.807) is 11.3 Å². The summed E-state index contributed by atoms with van der Waals surface area (Å²) in [5.41, 5.74) is 6.15. The first kappa shape index (κ1) is 28.4. The van der Waals surface area contributed by atoms with Crippen LogP contribution in [0.4, 0.5) is 0 Å². The average molecular weight is 711 g/mol. The molecule has 0 aliphatic rings. The van der Waals surface area contributed by atoms with Crippen LogP contribution in [0.25, 0.3) is 53.7 Å². The summed E-state index contributed by atoms with van der Waals surface area (Å²) in [6.07, 6.45) is 3.13. The van der Waals surface area contributed by atoms with Crippen molar-refractivity contribution in [2.75, 3.05) is 0 Å². The maximum Gasteiger partial charge on any atom is 0.155 e. The molecule has 0 spiro atoms. The molecular formula is C33H28IrNO3S-. The molecule has 0 fully saturated rings. The van der Waals surface area contributed by atoms with Gasteiger partial charge in [-0.2, -0.15) is 0 Å². The molecule has 0 unspecified atom stereocenters. The normalized spacial score (nSPS) is 11.5. The molecule has 6 heteroatoms. The second kappa shape index (κ2) is 12.1. The summed E-state index contributed by atoms with van der Waals surface area (Å²) in [5, 5.41) is 11.7. The van der Waals surface area contributed by atoms with Crippen molar-refractivity contribution in [3.8, 4) is 21.7 Å². The van der Waals surface area contributed by atoms with E-state index in [0.717, 1.165) is 38.6 Å². The Morgan fingerprint density at radius 1 is 1.03 bits per heavy atom. The number of nitrogens with zero attached hydrogens (tertiary/aromatic N) is 1. The molecule has 1 N–H and O–H groups in total. The SMILES string of the molecule is CC(=O)/C=C(/C)O.CC(C)c1ccc(-c2cc3cnc(-c4[c-]ccc5c4oc4ccccc45)cc3s2)cc1.[Ir]. The molecule has 0 atom stereocenters. The number of furan rings is 1. The molecule has 4 nitrogen and oxygen atoms in total. The maximum absolute atomic E-state index is 10.0. The molecule has 39 heavy (non-hydrogen) atoms. The molecule has 3 aromatic heterocycles. The summed E-state index contributed by atoms with van der Waals surface area (Å²) in [6.45, 7) is 7.30. The van der Waals surface area contributed by atoms with Crippen LogP contribution in [0.15, 0.2) is 95.2 Å². The van der Waals surface area contributed by atoms with Crippen molar-refractivity contribution >= 4 is 49.1 Å². The zero-order valence-electron chi connectivity index (χ0n) is 22.1. The number of aliphatic hydroxyl groups excluding tert-OH is 1. The van der Waals surface area contributed by atoms with Gasteiger partial charge in [-0.3, -0.25) is 4.79 Å². The molecular weight excluding hydrogens is 683 g/mol. The molecule has 6 rings (SSSR count). The van der Waals surface area contributed by atoms with Gasteiger partial charge < -0.3 is 14.5 Å². The Kier molecular flexibility index (Phi) is 8.81. The van der Waals surface area contributed by atoms with Crippen LogP contribution in [0.5, 0.6) is 0 Å². The molecule has 0 saturated carbocycles. The van der Waals surface area contributed by atoms with E-state index in [-0.39, 0.29) is 31.6 Å². The van der Waals surface area contributed by atoms with E-state index in [0.29, 0.717) is 5.92 Å². The van der Waals surface area contributed by atoms with Gasteiger partial charge in [0.25, 0.3) is 0 Å². The number of ketones is 1. The summed E-state index contributed by atoms with van der Waals surface area (Å²) in [4.78, 5) is 16.0. The van der Waals surface area contributed by atoms with E-state index in [9.17, 15) is 4.79 Å². The first-order chi connectivity index (χ1) is 18.3. The maximum atomic E-state index is 10.0. The number of carbonyl (C=O) groups is 1. The van der Waals surface area contributed by atoms with Gasteiger partial charge >= 0.3 is 0 Å². The Labute approximate surface area is 245 Å². The molecule has 0 saturated heterocycles. The molecule has 1 radical (unpaired) electrons. The number of pyridine rings is 1. The summed E-state index contributed by atoms with van der Waals surface area (Å²) in [7, 11) is 0. The molecule has 6 aromatic rings. The molecule has 0 amide bonds. The van der Waals surface area contributed by atoms with Gasteiger partial charge in [0.2, 0.25) is 0 Å². The van der Waals surface area contributed by atoms with Crippen LogP contribution in [-0.4, -0.2) is 15.9 Å². The Hall–Kier alpha value is -3.57. The predicted molar refractivity (Wildman–Crippen MR) is 158 cm³/mol. The standard InChI is InChI=1S/C28H20NOS.C5H8O2.Ir/c1-17(2)18-10-12-19(13-11-18)26-14-20-16-29-24(15-27(20)31-26)23-8-5-7-22-21-6-3-4-9-25(21)30-28(22)23;1-4(6)3-5(2)7;/h3-7,9-17H,1-2H3;3,6H,1-2H3;/q-1;;/b;4-3-;. The second-order valence-corrected chi connectivity index (χ2v) is 10.7. The average Bonchev–Trinajstić information content (AvgIpc) is 3.49. The molecule has 3 heterocycles. The third-order valence-electron chi connectivity index (χ3n) is 6.27. The van der Waals surface area contributed by atoms with E-state index < -0.39 is 0 Å². The third kappa shape index (κ3) is 6.20. The van der Waals surface area contributed by atoms with Gasteiger partial charge in [-0.25, -0.2) is 0 Å². The molecule has 3 aromatic carbocycles. The van der Waals surface area contributed by atoms with Crippen LogP contribution in [0.3, 0.4) is 0 Å². The third-order valence-corrected chi connectivity index (χ3v) is 7.42. The van der Waals surface area contributed by atoms with E-state index in [1.807, 2.05) is 30.5 Å². The summed E-state index contributed by atoms with van der Waals surface area (Å²) < 4.78 is 7.40. The van der Waals surface area contributed by atoms with Crippen molar-refractivity contribution < 1.29 is 34.4 Å². The van der Waals surface area contributed by atoms with Crippen LogP contribution in [0.1, 0.15) is 39.2 Å². The molecule has 0 aliphatic carbocycles. The number of hydrogen-bond donors (Lipinski definition) is 1. The van der Waals surface area contributed by atoms with Crippen LogP contribution in [0.2, 0.25) is 0 Å². The number of benzene rings is 3. The minimum atomic E-state index is -0.125. The number of fused-ring (bicyclic) bond motifs is 4. The minimum Gasteiger partial charge on any atom is -0.512 e. The first-order valence-electron chi connectivity index (χ1n) is 12.5. The van der Waals surface area contributed by atoms with Crippen LogP contribution in [0, 0.1) is 6.07 Å². The van der Waals surface area contributed by atoms with Crippen molar-refractivity contribution in [1.82, 2.24) is 4.98 Å². The van der Waals surface area contributed by atoms with Crippen molar-refractivity contribution in [3.63, 3.8) is 0 Å². The fourth-order valence-electron chi connectivity index (χ4n) is 4.42. The van der Waals surface area contributed by atoms with Crippen molar-refractivity contribution in [2.45, 2.75) is 33.6 Å². The number of para-hydroxylation sites is 1. The Morgan fingerprint density at radius 2 is 1.77 bits per heavy atom. The largest absolute Gasteiger partial charge is 0.512 e. The molecule has 199 valence electrons. The fourth-order valence-corrected chi connectivity index (χ4v) is 5.50. The van der Waals surface area contributed by atoms with Crippen LogP contribution >= 0.6 is 11.3 Å². The van der Waals surface area contributed by atoms with E-state index in [1.165, 1.54) is 40.6 Å². The number of carbonyl (C=O) groups excluding carboxylic acids is 1. The fraction of sp³-hybridized carbons (Fsp3) is 0.152. The Bertz CT molecular complexity index is 1790.